The highest BCUT2D eigenvalue weighted by molar-refractivity contribution is 6.17. The summed E-state index contributed by atoms with van der Waals surface area (Å²) >= 11 is 0. The van der Waals surface area contributed by atoms with Crippen LogP contribution in [0.3, 0.4) is 0 Å². The molecule has 1 aromatic heterocycles. The number of hydrogen-bond acceptors (Lipinski definition) is 7. The van der Waals surface area contributed by atoms with E-state index in [0.29, 0.717) is 28.8 Å². The van der Waals surface area contributed by atoms with Gasteiger partial charge in [0.05, 0.1) is 43.3 Å². The Hall–Kier alpha value is -5.81. The van der Waals surface area contributed by atoms with Gasteiger partial charge in [-0.05, 0) is 141 Å². The molecule has 0 spiro atoms. The van der Waals surface area contributed by atoms with E-state index in [1.54, 1.807) is 14.2 Å². The molecule has 1 unspecified atom stereocenters. The normalized spacial score (nSPS) is 16.9. The lowest BCUT2D eigenvalue weighted by atomic mass is 9.85. The summed E-state index contributed by atoms with van der Waals surface area (Å²) in [5.41, 5.74) is 7.94. The van der Waals surface area contributed by atoms with Crippen LogP contribution in [0.5, 0.6) is 11.5 Å². The number of methoxy groups -OCH3 is 2. The summed E-state index contributed by atoms with van der Waals surface area (Å²) in [5, 5.41) is 2.56. The van der Waals surface area contributed by atoms with Gasteiger partial charge in [0.2, 0.25) is 5.91 Å². The molecule has 1 fully saturated rings. The van der Waals surface area contributed by atoms with Gasteiger partial charge in [-0.2, -0.15) is 13.2 Å². The number of fused-ring (bicyclic) bond motifs is 2. The van der Waals surface area contributed by atoms with E-state index < -0.39 is 17.6 Å². The van der Waals surface area contributed by atoms with E-state index in [4.69, 9.17) is 9.47 Å². The third-order valence-corrected chi connectivity index (χ3v) is 11.4. The second kappa shape index (κ2) is 17.6. The van der Waals surface area contributed by atoms with E-state index >= 15 is 0 Å². The van der Waals surface area contributed by atoms with Crippen LogP contribution in [0.1, 0.15) is 75.2 Å². The standard InChI is InChI=1S/C24H20F3N3O.C24H29NO3/c1-13-7-21-22(11-19(13)24(25,26)27)30-23(31)12-20(29-21)17-6-4-5-16(10-17)18-8-14(2)28-15(3)9-18;1-27-22-14-19-13-20(24(26)21(19)15-23(22)28-2)12-17-8-10-25(11-9-17)16-18-6-4-3-5-7-18/h4-11H,12H2,1-3H3,(H,30,31);3-7,14-15,17,20H,8-13,16H2,1-2H3. The first-order valence-electron chi connectivity index (χ1n) is 20.0. The molecule has 1 atom stereocenters. The first-order valence-corrected chi connectivity index (χ1v) is 20.0. The minimum atomic E-state index is -4.50. The van der Waals surface area contributed by atoms with Crippen molar-refractivity contribution in [1.82, 2.24) is 9.88 Å². The molecule has 4 aromatic carbocycles. The van der Waals surface area contributed by atoms with Crippen LogP contribution in [0.15, 0.2) is 96.0 Å². The molecule has 0 bridgehead atoms. The molecule has 306 valence electrons. The highest BCUT2D eigenvalue weighted by Crippen LogP contribution is 2.41. The van der Waals surface area contributed by atoms with Crippen LogP contribution in [0.4, 0.5) is 24.5 Å². The number of carbonyl (C=O) groups excluding carboxylic acids is 2. The van der Waals surface area contributed by atoms with Gasteiger partial charge in [-0.15, -0.1) is 0 Å². The Bertz CT molecular complexity index is 2370. The lowest BCUT2D eigenvalue weighted by molar-refractivity contribution is -0.138. The van der Waals surface area contributed by atoms with Gasteiger partial charge >= 0.3 is 6.18 Å². The summed E-state index contributed by atoms with van der Waals surface area (Å²) in [6.45, 7) is 8.51. The molecule has 11 heteroatoms. The number of rotatable bonds is 8. The van der Waals surface area contributed by atoms with E-state index in [-0.39, 0.29) is 29.4 Å². The molecule has 0 saturated carbocycles. The van der Waals surface area contributed by atoms with Crippen LogP contribution in [0.2, 0.25) is 0 Å². The van der Waals surface area contributed by atoms with Crippen molar-refractivity contribution >= 4 is 28.8 Å². The number of aliphatic imine (C=N–C) groups is 1. The summed E-state index contributed by atoms with van der Waals surface area (Å²) in [4.78, 5) is 36.9. The number of nitrogens with zero attached hydrogens (tertiary/aromatic N) is 3. The number of aryl methyl sites for hydroxylation is 3. The highest BCUT2D eigenvalue weighted by atomic mass is 19.4. The van der Waals surface area contributed by atoms with E-state index in [0.717, 1.165) is 77.7 Å². The predicted octanol–water partition coefficient (Wildman–Crippen LogP) is 10.5. The van der Waals surface area contributed by atoms with Crippen LogP contribution in [0, 0.1) is 32.6 Å². The number of aromatic nitrogens is 1. The maximum atomic E-state index is 13.3. The number of halogens is 3. The zero-order chi connectivity index (χ0) is 41.8. The van der Waals surface area contributed by atoms with Crippen LogP contribution in [0.25, 0.3) is 11.1 Å². The van der Waals surface area contributed by atoms with Gasteiger partial charge in [-0.1, -0.05) is 48.5 Å². The third kappa shape index (κ3) is 9.74. The lowest BCUT2D eigenvalue weighted by Gasteiger charge is -2.32. The maximum Gasteiger partial charge on any atom is 0.416 e. The number of Topliss-reactive ketones (excluding diaryl/α,β-unsaturated/α-hetero) is 1. The summed E-state index contributed by atoms with van der Waals surface area (Å²) in [7, 11) is 3.26. The number of alkyl halides is 3. The second-order valence-electron chi connectivity index (χ2n) is 15.8. The molecule has 5 aromatic rings. The first-order chi connectivity index (χ1) is 28.3. The molecule has 8 rings (SSSR count). The Morgan fingerprint density at radius 1 is 0.797 bits per heavy atom. The highest BCUT2D eigenvalue weighted by Gasteiger charge is 2.35. The van der Waals surface area contributed by atoms with Crippen LogP contribution >= 0.6 is 0 Å². The fraction of sp³-hybridized carbons (Fsp3) is 0.333. The summed E-state index contributed by atoms with van der Waals surface area (Å²) in [6, 6.07) is 28.4. The molecule has 3 aliphatic rings. The molecule has 1 N–H and O–H groups in total. The Kier molecular flexibility index (Phi) is 12.3. The van der Waals surface area contributed by atoms with E-state index in [2.05, 4.69) is 50.5 Å². The monoisotopic (exact) mass is 802 g/mol. The molecule has 2 aliphatic heterocycles. The molecule has 1 amide bonds. The average molecular weight is 803 g/mol. The van der Waals surface area contributed by atoms with Crippen molar-refractivity contribution in [3.05, 3.63) is 136 Å². The number of nitrogens with one attached hydrogen (secondary N) is 1. The van der Waals surface area contributed by atoms with Crippen molar-refractivity contribution in [2.45, 2.75) is 65.6 Å². The average Bonchev–Trinajstić information content (AvgIpc) is 3.40. The zero-order valence-electron chi connectivity index (χ0n) is 34.1. The quantitative estimate of drug-likeness (QED) is 0.168. The summed E-state index contributed by atoms with van der Waals surface area (Å²) in [6.07, 6.45) is -0.347. The third-order valence-electron chi connectivity index (χ3n) is 11.4. The molecular formula is C48H49F3N4O4. The van der Waals surface area contributed by atoms with Gasteiger partial charge < -0.3 is 14.8 Å². The number of hydrogen-bond donors (Lipinski definition) is 1. The molecule has 59 heavy (non-hydrogen) atoms. The largest absolute Gasteiger partial charge is 0.493 e. The van der Waals surface area contributed by atoms with E-state index in [1.807, 2.05) is 62.4 Å². The summed E-state index contributed by atoms with van der Waals surface area (Å²) < 4.78 is 50.6. The molecule has 3 heterocycles. The number of anilines is 1. The predicted molar refractivity (Wildman–Crippen MR) is 225 cm³/mol. The number of likely N-dealkylation sites (tertiary alicyclic amines) is 1. The Labute approximate surface area is 343 Å². The first kappa shape index (κ1) is 41.4. The number of pyridine rings is 1. The summed E-state index contributed by atoms with van der Waals surface area (Å²) in [5.74, 6) is 1.98. The minimum absolute atomic E-state index is 0.0348. The number of ketones is 1. The maximum absolute atomic E-state index is 13.3. The Balaban J connectivity index is 0.000000180. The zero-order valence-corrected chi connectivity index (χ0v) is 34.1. The van der Waals surface area contributed by atoms with Crippen LogP contribution in [-0.4, -0.2) is 54.6 Å². The number of carbonyl (C=O) groups is 2. The van der Waals surface area contributed by atoms with Gasteiger partial charge in [0.25, 0.3) is 0 Å². The number of amides is 1. The van der Waals surface area contributed by atoms with Crippen molar-refractivity contribution in [3.63, 3.8) is 0 Å². The van der Waals surface area contributed by atoms with Crippen LogP contribution < -0.4 is 14.8 Å². The smallest absolute Gasteiger partial charge is 0.416 e. The van der Waals surface area contributed by atoms with Gasteiger partial charge in [-0.3, -0.25) is 24.5 Å². The topological polar surface area (TPSA) is 93.1 Å². The van der Waals surface area contributed by atoms with Crippen molar-refractivity contribution in [1.29, 1.82) is 0 Å². The number of ether oxygens (including phenoxy) is 2. The lowest BCUT2D eigenvalue weighted by Crippen LogP contribution is -2.34. The van der Waals surface area contributed by atoms with Crippen molar-refractivity contribution < 1.29 is 32.2 Å². The SMILES string of the molecule is COc1cc2c(cc1OC)C(=O)C(CC1CCN(Cc3ccccc3)CC1)C2.Cc1cc(-c2cccc(C3=Nc4cc(C)c(C(F)(F)F)cc4NC(=O)C3)c2)cc(C)n1. The van der Waals surface area contributed by atoms with Crippen molar-refractivity contribution in [2.24, 2.45) is 16.8 Å². The van der Waals surface area contributed by atoms with Gasteiger partial charge in [0.15, 0.2) is 17.3 Å². The van der Waals surface area contributed by atoms with Gasteiger partial charge in [0, 0.05) is 29.4 Å². The molecular weight excluding hydrogens is 754 g/mol. The Morgan fingerprint density at radius 2 is 1.47 bits per heavy atom. The number of benzene rings is 4. The van der Waals surface area contributed by atoms with E-state index in [1.165, 1.54) is 31.4 Å². The van der Waals surface area contributed by atoms with Gasteiger partial charge in [-0.25, -0.2) is 0 Å². The number of piperidine rings is 1. The van der Waals surface area contributed by atoms with Crippen molar-refractivity contribution in [3.8, 4) is 22.6 Å². The minimum Gasteiger partial charge on any atom is -0.493 e. The molecule has 8 nitrogen and oxygen atoms in total. The van der Waals surface area contributed by atoms with Gasteiger partial charge in [0.1, 0.15) is 0 Å². The van der Waals surface area contributed by atoms with E-state index in [9.17, 15) is 22.8 Å². The van der Waals surface area contributed by atoms with Crippen LogP contribution in [-0.2, 0) is 23.9 Å². The second-order valence-corrected chi connectivity index (χ2v) is 15.8. The fourth-order valence-electron chi connectivity index (χ4n) is 8.48. The molecule has 1 aliphatic carbocycles. The molecule has 1 saturated heterocycles. The Morgan fingerprint density at radius 3 is 2.15 bits per heavy atom. The fourth-order valence-corrected chi connectivity index (χ4v) is 8.48. The molecule has 0 radical (unpaired) electrons. The van der Waals surface area contributed by atoms with Crippen molar-refractivity contribution in [2.75, 3.05) is 32.6 Å².